The molecule has 6 aromatic rings. The fraction of sp³-hybridized carbons (Fsp3) is 0. The van der Waals surface area contributed by atoms with Crippen LogP contribution in [0.2, 0.25) is 0 Å². The number of hydrogen-bond acceptors (Lipinski definition) is 0. The number of rotatable bonds is 6. The number of hydrogen-bond donors (Lipinski definition) is 0. The quantitative estimate of drug-likeness (QED) is 0.128. The Bertz CT molecular complexity index is 1200. The zero-order chi connectivity index (χ0) is 28.5. The molecule has 0 aromatic heterocycles. The Labute approximate surface area is 261 Å². The van der Waals surface area contributed by atoms with Crippen molar-refractivity contribution in [1.82, 2.24) is 0 Å². The second-order valence-corrected chi connectivity index (χ2v) is 15.8. The van der Waals surface area contributed by atoms with Gasteiger partial charge in [-0.3, -0.25) is 0 Å². The summed E-state index contributed by atoms with van der Waals surface area (Å²) in [6.45, 7) is 0. The van der Waals surface area contributed by atoms with Gasteiger partial charge in [-0.1, -0.05) is 109 Å². The molecule has 6 rings (SSSR count). The van der Waals surface area contributed by atoms with E-state index in [1.54, 1.807) is 0 Å². The summed E-state index contributed by atoms with van der Waals surface area (Å²) in [5, 5.41) is 8.61. The average Bonchev–Trinajstić information content (AvgIpc) is 3.05. The van der Waals surface area contributed by atoms with Crippen LogP contribution >= 0.6 is 36.0 Å². The van der Waals surface area contributed by atoms with E-state index in [1.807, 2.05) is 0 Å². The maximum absolute atomic E-state index is 4.76. The summed E-state index contributed by atoms with van der Waals surface area (Å²) in [6, 6.07) is 65.0. The van der Waals surface area contributed by atoms with Gasteiger partial charge in [0.1, 0.15) is 31.8 Å². The maximum Gasteiger partial charge on any atom is 0.102 e. The van der Waals surface area contributed by atoms with E-state index < -0.39 is 15.8 Å². The van der Waals surface area contributed by atoms with Crippen LogP contribution in [0.4, 0.5) is 0 Å². The van der Waals surface area contributed by atoms with Gasteiger partial charge in [-0.25, -0.2) is 0 Å². The first-order valence-corrected chi connectivity index (χ1v) is 19.3. The molecule has 0 radical (unpaired) electrons. The van der Waals surface area contributed by atoms with Gasteiger partial charge < -0.3 is 0 Å². The van der Waals surface area contributed by atoms with Crippen molar-refractivity contribution < 1.29 is 13.1 Å². The van der Waals surface area contributed by atoms with E-state index >= 15 is 0 Å². The zero-order valence-corrected chi connectivity index (χ0v) is 27.0. The summed E-state index contributed by atoms with van der Waals surface area (Å²) < 4.78 is 0. The molecule has 0 saturated carbocycles. The van der Waals surface area contributed by atoms with Gasteiger partial charge in [0.05, 0.1) is 15.8 Å². The van der Waals surface area contributed by atoms with Crippen LogP contribution in [0.5, 0.6) is 0 Å². The predicted molar refractivity (Wildman–Crippen MR) is 185 cm³/mol. The smallest absolute Gasteiger partial charge is 0.0620 e. The molecule has 0 aliphatic rings. The molecule has 5 heteroatoms. The SMILES string of the molecule is [Cl][Fe][Cl].c1ccc([PH+](c2ccccc2)c2ccccc2)cc1.c1ccc([PH+](c2ccccc2)c2ccccc2)cc1. The van der Waals surface area contributed by atoms with Crippen LogP contribution in [0.15, 0.2) is 182 Å². The average molecular weight is 653 g/mol. The van der Waals surface area contributed by atoms with Gasteiger partial charge in [0.15, 0.2) is 0 Å². The molecule has 0 heterocycles. The monoisotopic (exact) mass is 652 g/mol. The summed E-state index contributed by atoms with van der Waals surface area (Å²) in [4.78, 5) is 0. The molecule has 206 valence electrons. The van der Waals surface area contributed by atoms with Gasteiger partial charge in [0.2, 0.25) is 0 Å². The van der Waals surface area contributed by atoms with Crippen LogP contribution in [-0.2, 0) is 13.1 Å². The number of halogens is 2. The second kappa shape index (κ2) is 18.0. The fourth-order valence-electron chi connectivity index (χ4n) is 4.63. The molecule has 0 N–H and O–H groups in total. The van der Waals surface area contributed by atoms with Crippen molar-refractivity contribution in [2.45, 2.75) is 0 Å². The van der Waals surface area contributed by atoms with E-state index in [1.165, 1.54) is 31.8 Å². The molecule has 0 amide bonds. The minimum Gasteiger partial charge on any atom is -0.0620 e. The molecule has 0 spiro atoms. The second-order valence-electron chi connectivity index (χ2n) is 9.00. The molecule has 0 saturated heterocycles. The Morgan fingerprint density at radius 1 is 0.268 bits per heavy atom. The fourth-order valence-corrected chi connectivity index (χ4v) is 9.78. The Kier molecular flexibility index (Phi) is 13.7. The molecular formula is C36H32Cl2FeP2+2. The first-order valence-electron chi connectivity index (χ1n) is 13.2. The van der Waals surface area contributed by atoms with Gasteiger partial charge >= 0.3 is 33.3 Å². The van der Waals surface area contributed by atoms with Crippen molar-refractivity contribution >= 4 is 67.9 Å². The van der Waals surface area contributed by atoms with E-state index in [-0.39, 0.29) is 13.1 Å². The predicted octanol–water partition coefficient (Wildman–Crippen LogP) is 7.73. The molecule has 0 unspecified atom stereocenters. The first-order chi connectivity index (χ1) is 20.3. The summed E-state index contributed by atoms with van der Waals surface area (Å²) in [6.07, 6.45) is 0. The Morgan fingerprint density at radius 2 is 0.390 bits per heavy atom. The topological polar surface area (TPSA) is 0 Å². The molecule has 0 aliphatic heterocycles. The minimum atomic E-state index is -0.877. The summed E-state index contributed by atoms with van der Waals surface area (Å²) in [5.74, 6) is 0. The summed E-state index contributed by atoms with van der Waals surface area (Å²) in [5.41, 5.74) is 0. The van der Waals surface area contributed by atoms with E-state index in [9.17, 15) is 0 Å². The van der Waals surface area contributed by atoms with E-state index in [0.717, 1.165) is 0 Å². The van der Waals surface area contributed by atoms with Crippen LogP contribution in [0.3, 0.4) is 0 Å². The van der Waals surface area contributed by atoms with Crippen molar-refractivity contribution in [2.24, 2.45) is 0 Å². The van der Waals surface area contributed by atoms with Crippen molar-refractivity contribution in [2.75, 3.05) is 0 Å². The van der Waals surface area contributed by atoms with Crippen molar-refractivity contribution in [3.05, 3.63) is 182 Å². The van der Waals surface area contributed by atoms with Crippen LogP contribution in [0, 0.1) is 0 Å². The molecule has 0 bridgehead atoms. The molecule has 0 aliphatic carbocycles. The molecule has 0 nitrogen and oxygen atoms in total. The van der Waals surface area contributed by atoms with Gasteiger partial charge in [-0.2, -0.15) is 0 Å². The molecule has 41 heavy (non-hydrogen) atoms. The van der Waals surface area contributed by atoms with Crippen molar-refractivity contribution in [3.8, 4) is 0 Å². The van der Waals surface area contributed by atoms with E-state index in [0.29, 0.717) is 0 Å². The Hall–Kier alpha value is -2.72. The summed E-state index contributed by atoms with van der Waals surface area (Å²) >= 11 is 0.194. The van der Waals surface area contributed by atoms with Crippen LogP contribution in [0.25, 0.3) is 0 Å². The van der Waals surface area contributed by atoms with Crippen LogP contribution in [-0.4, -0.2) is 0 Å². The summed E-state index contributed by atoms with van der Waals surface area (Å²) in [7, 11) is 7.77. The number of benzene rings is 6. The third-order valence-corrected chi connectivity index (χ3v) is 11.8. The van der Waals surface area contributed by atoms with Gasteiger partial charge in [-0.05, 0) is 72.8 Å². The van der Waals surface area contributed by atoms with Crippen molar-refractivity contribution in [3.63, 3.8) is 0 Å². The minimum absolute atomic E-state index is 0.194. The van der Waals surface area contributed by atoms with Crippen molar-refractivity contribution in [1.29, 1.82) is 0 Å². The van der Waals surface area contributed by atoms with E-state index in [2.05, 4.69) is 182 Å². The molecule has 0 fully saturated rings. The third-order valence-electron chi connectivity index (χ3n) is 6.37. The largest absolute Gasteiger partial charge is 0.102 e. The normalized spacial score (nSPS) is 10.3. The molecule has 0 atom stereocenters. The van der Waals surface area contributed by atoms with Crippen LogP contribution in [0.1, 0.15) is 0 Å². The Balaban J connectivity index is 0.000000173. The zero-order valence-electron chi connectivity index (χ0n) is 22.4. The Morgan fingerprint density at radius 3 is 0.512 bits per heavy atom. The molecule has 6 aromatic carbocycles. The maximum atomic E-state index is 4.76. The standard InChI is InChI=1S/2C18H15P.2ClH.Fe/c2*1-4-10-16(11-5-1)19(17-12-6-2-7-13-17)18-14-8-3-9-15-18;;;/h2*1-15H;2*1H;/q;;;;+2. The molecular weight excluding hydrogens is 621 g/mol. The van der Waals surface area contributed by atoms with Gasteiger partial charge in [0, 0.05) is 0 Å². The first kappa shape index (κ1) is 31.2. The van der Waals surface area contributed by atoms with Gasteiger partial charge in [-0.15, -0.1) is 0 Å². The van der Waals surface area contributed by atoms with Gasteiger partial charge in [0.25, 0.3) is 0 Å². The van der Waals surface area contributed by atoms with E-state index in [4.69, 9.17) is 20.2 Å². The van der Waals surface area contributed by atoms with Crippen LogP contribution < -0.4 is 31.8 Å². The third kappa shape index (κ3) is 9.67.